The normalized spacial score (nSPS) is 17.4. The first kappa shape index (κ1) is 11.6. The standard InChI is InChI=1S/C13H17FO2/c14-13-5-3-11(4-6-13)12(7-15)9-16-8-10-1-2-10/h3-6,10,12,15H,1-2,7-9H2. The topological polar surface area (TPSA) is 29.5 Å². The highest BCUT2D eigenvalue weighted by Crippen LogP contribution is 2.29. The molecule has 1 N–H and O–H groups in total. The van der Waals surface area contributed by atoms with Crippen molar-refractivity contribution in [2.45, 2.75) is 18.8 Å². The van der Waals surface area contributed by atoms with Gasteiger partial charge in [-0.15, -0.1) is 0 Å². The second-order valence-corrected chi connectivity index (χ2v) is 4.41. The maximum atomic E-state index is 12.7. The Balaban J connectivity index is 1.84. The molecule has 16 heavy (non-hydrogen) atoms. The predicted molar refractivity (Wildman–Crippen MR) is 59.8 cm³/mol. The van der Waals surface area contributed by atoms with E-state index >= 15 is 0 Å². The zero-order chi connectivity index (χ0) is 11.4. The molecule has 0 amide bonds. The summed E-state index contributed by atoms with van der Waals surface area (Å²) < 4.78 is 18.3. The van der Waals surface area contributed by atoms with Crippen LogP contribution in [0, 0.1) is 11.7 Å². The van der Waals surface area contributed by atoms with Gasteiger partial charge in [0.25, 0.3) is 0 Å². The van der Waals surface area contributed by atoms with Crippen LogP contribution in [-0.2, 0) is 4.74 Å². The molecule has 2 nitrogen and oxygen atoms in total. The van der Waals surface area contributed by atoms with Crippen molar-refractivity contribution in [1.82, 2.24) is 0 Å². The zero-order valence-corrected chi connectivity index (χ0v) is 9.23. The van der Waals surface area contributed by atoms with Crippen LogP contribution in [0.4, 0.5) is 4.39 Å². The lowest BCUT2D eigenvalue weighted by atomic mass is 10.0. The van der Waals surface area contributed by atoms with Gasteiger partial charge in [-0.25, -0.2) is 4.39 Å². The van der Waals surface area contributed by atoms with Crippen LogP contribution in [0.5, 0.6) is 0 Å². The van der Waals surface area contributed by atoms with Gasteiger partial charge in [-0.3, -0.25) is 0 Å². The minimum Gasteiger partial charge on any atom is -0.396 e. The van der Waals surface area contributed by atoms with Gasteiger partial charge in [0, 0.05) is 12.5 Å². The maximum Gasteiger partial charge on any atom is 0.123 e. The molecule has 0 aromatic heterocycles. The van der Waals surface area contributed by atoms with Crippen LogP contribution in [0.15, 0.2) is 24.3 Å². The lowest BCUT2D eigenvalue weighted by Gasteiger charge is -2.14. The van der Waals surface area contributed by atoms with Crippen molar-refractivity contribution in [1.29, 1.82) is 0 Å². The summed E-state index contributed by atoms with van der Waals surface area (Å²) >= 11 is 0. The van der Waals surface area contributed by atoms with E-state index in [1.807, 2.05) is 0 Å². The number of hydrogen-bond donors (Lipinski definition) is 1. The van der Waals surface area contributed by atoms with Crippen LogP contribution in [-0.4, -0.2) is 24.9 Å². The summed E-state index contributed by atoms with van der Waals surface area (Å²) in [5.41, 5.74) is 0.930. The van der Waals surface area contributed by atoms with Gasteiger partial charge < -0.3 is 9.84 Å². The zero-order valence-electron chi connectivity index (χ0n) is 9.23. The number of rotatable bonds is 6. The van der Waals surface area contributed by atoms with Gasteiger partial charge in [0.1, 0.15) is 5.82 Å². The molecule has 88 valence electrons. The van der Waals surface area contributed by atoms with E-state index in [-0.39, 0.29) is 18.3 Å². The Kier molecular flexibility index (Phi) is 3.91. The fraction of sp³-hybridized carbons (Fsp3) is 0.538. The van der Waals surface area contributed by atoms with Crippen LogP contribution < -0.4 is 0 Å². The number of hydrogen-bond acceptors (Lipinski definition) is 2. The quantitative estimate of drug-likeness (QED) is 0.803. The number of halogens is 1. The molecule has 1 aliphatic carbocycles. The molecular weight excluding hydrogens is 207 g/mol. The van der Waals surface area contributed by atoms with E-state index in [2.05, 4.69) is 0 Å². The van der Waals surface area contributed by atoms with E-state index in [0.717, 1.165) is 18.1 Å². The lowest BCUT2D eigenvalue weighted by molar-refractivity contribution is 0.0920. The fourth-order valence-corrected chi connectivity index (χ4v) is 1.65. The van der Waals surface area contributed by atoms with Crippen LogP contribution in [0.1, 0.15) is 24.3 Å². The van der Waals surface area contributed by atoms with Crippen LogP contribution in [0.25, 0.3) is 0 Å². The molecule has 1 unspecified atom stereocenters. The molecule has 1 aromatic rings. The van der Waals surface area contributed by atoms with Crippen molar-refractivity contribution in [2.24, 2.45) is 5.92 Å². The average molecular weight is 224 g/mol. The van der Waals surface area contributed by atoms with E-state index < -0.39 is 0 Å². The third-order valence-electron chi connectivity index (χ3n) is 2.93. The SMILES string of the molecule is OCC(COCC1CC1)c1ccc(F)cc1. The van der Waals surface area contributed by atoms with Crippen molar-refractivity contribution >= 4 is 0 Å². The first-order valence-electron chi connectivity index (χ1n) is 5.73. The van der Waals surface area contributed by atoms with Crippen LogP contribution in [0.2, 0.25) is 0 Å². The molecule has 0 saturated heterocycles. The van der Waals surface area contributed by atoms with Gasteiger partial charge in [0.2, 0.25) is 0 Å². The number of ether oxygens (including phenoxy) is 1. The summed E-state index contributed by atoms with van der Waals surface area (Å²) in [6.45, 7) is 1.34. The minimum absolute atomic E-state index is 0.0380. The smallest absolute Gasteiger partial charge is 0.123 e. The Morgan fingerprint density at radius 3 is 2.56 bits per heavy atom. The molecule has 0 bridgehead atoms. The van der Waals surface area contributed by atoms with Gasteiger partial charge >= 0.3 is 0 Å². The Hall–Kier alpha value is -0.930. The lowest BCUT2D eigenvalue weighted by Crippen LogP contribution is -2.13. The van der Waals surface area contributed by atoms with Crippen molar-refractivity contribution in [3.05, 3.63) is 35.6 Å². The van der Waals surface area contributed by atoms with Crippen LogP contribution >= 0.6 is 0 Å². The molecule has 1 saturated carbocycles. The molecular formula is C13H17FO2. The van der Waals surface area contributed by atoms with E-state index in [1.54, 1.807) is 12.1 Å². The molecule has 1 aliphatic rings. The van der Waals surface area contributed by atoms with Gasteiger partial charge in [-0.1, -0.05) is 12.1 Å². The van der Waals surface area contributed by atoms with E-state index in [9.17, 15) is 9.50 Å². The minimum atomic E-state index is -0.251. The van der Waals surface area contributed by atoms with E-state index in [0.29, 0.717) is 6.61 Å². The third kappa shape index (κ3) is 3.29. The summed E-state index contributed by atoms with van der Waals surface area (Å²) in [5, 5.41) is 9.26. The Morgan fingerprint density at radius 2 is 2.00 bits per heavy atom. The summed E-state index contributed by atoms with van der Waals surface area (Å²) in [6.07, 6.45) is 2.53. The fourth-order valence-electron chi connectivity index (χ4n) is 1.65. The summed E-state index contributed by atoms with van der Waals surface area (Å²) in [4.78, 5) is 0. The Morgan fingerprint density at radius 1 is 1.31 bits per heavy atom. The van der Waals surface area contributed by atoms with E-state index in [1.165, 1.54) is 25.0 Å². The Labute approximate surface area is 95.1 Å². The average Bonchev–Trinajstić information content (AvgIpc) is 3.10. The Bertz CT molecular complexity index is 319. The largest absolute Gasteiger partial charge is 0.396 e. The van der Waals surface area contributed by atoms with Gasteiger partial charge in [-0.05, 0) is 36.5 Å². The highest BCUT2D eigenvalue weighted by atomic mass is 19.1. The maximum absolute atomic E-state index is 12.7. The second kappa shape index (κ2) is 5.41. The van der Waals surface area contributed by atoms with Crippen molar-refractivity contribution in [3.8, 4) is 0 Å². The first-order chi connectivity index (χ1) is 7.79. The van der Waals surface area contributed by atoms with Crippen molar-refractivity contribution in [3.63, 3.8) is 0 Å². The summed E-state index contributed by atoms with van der Waals surface area (Å²) in [5.74, 6) is 0.436. The highest BCUT2D eigenvalue weighted by Gasteiger charge is 2.22. The molecule has 1 atom stereocenters. The van der Waals surface area contributed by atoms with Crippen molar-refractivity contribution < 1.29 is 14.2 Å². The molecule has 0 heterocycles. The predicted octanol–water partition coefficient (Wildman–Crippen LogP) is 2.33. The van der Waals surface area contributed by atoms with Gasteiger partial charge in [0.05, 0.1) is 13.2 Å². The van der Waals surface area contributed by atoms with Crippen LogP contribution in [0.3, 0.4) is 0 Å². The molecule has 1 aromatic carbocycles. The summed E-state index contributed by atoms with van der Waals surface area (Å²) in [6, 6.07) is 6.24. The third-order valence-corrected chi connectivity index (χ3v) is 2.93. The monoisotopic (exact) mass is 224 g/mol. The molecule has 0 aliphatic heterocycles. The highest BCUT2D eigenvalue weighted by molar-refractivity contribution is 5.20. The number of benzene rings is 1. The van der Waals surface area contributed by atoms with Gasteiger partial charge in [0.15, 0.2) is 0 Å². The summed E-state index contributed by atoms with van der Waals surface area (Å²) in [7, 11) is 0. The van der Waals surface area contributed by atoms with E-state index in [4.69, 9.17) is 4.74 Å². The molecule has 0 radical (unpaired) electrons. The van der Waals surface area contributed by atoms with Gasteiger partial charge in [-0.2, -0.15) is 0 Å². The molecule has 2 rings (SSSR count). The molecule has 3 heteroatoms. The number of aliphatic hydroxyl groups is 1. The number of aliphatic hydroxyl groups excluding tert-OH is 1. The molecule has 1 fully saturated rings. The molecule has 0 spiro atoms. The first-order valence-corrected chi connectivity index (χ1v) is 5.73. The second-order valence-electron chi connectivity index (χ2n) is 4.41. The van der Waals surface area contributed by atoms with Crippen molar-refractivity contribution in [2.75, 3.05) is 19.8 Å².